The van der Waals surface area contributed by atoms with E-state index in [1.807, 2.05) is 12.3 Å². The van der Waals surface area contributed by atoms with Gasteiger partial charge in [-0.05, 0) is 37.7 Å². The van der Waals surface area contributed by atoms with Crippen molar-refractivity contribution in [3.63, 3.8) is 0 Å². The fraction of sp³-hybridized carbons (Fsp3) is 0.421. The maximum Gasteiger partial charge on any atom is 0.191 e. The van der Waals surface area contributed by atoms with E-state index in [1.54, 1.807) is 11.3 Å². The van der Waals surface area contributed by atoms with Gasteiger partial charge >= 0.3 is 0 Å². The SMILES string of the molecule is Cc1csc([C@H](C#N)C(=O)CSc2nc(N)c3c4c(sc3n2)C[C@H](C)CC4)n1. The Bertz CT molecular complexity index is 1100. The van der Waals surface area contributed by atoms with Crippen molar-refractivity contribution in [1.82, 2.24) is 15.0 Å². The molecule has 0 radical (unpaired) electrons. The quantitative estimate of drug-likeness (QED) is 0.480. The number of nitrogens with two attached hydrogens (primary N) is 1. The number of nitrogen functional groups attached to an aromatic ring is 1. The minimum Gasteiger partial charge on any atom is -0.383 e. The summed E-state index contributed by atoms with van der Waals surface area (Å²) in [5.41, 5.74) is 8.36. The molecule has 6 nitrogen and oxygen atoms in total. The van der Waals surface area contributed by atoms with Crippen molar-refractivity contribution in [2.24, 2.45) is 5.92 Å². The standard InChI is InChI=1S/C19H19N5OS3/c1-9-3-4-11-14(5-9)28-18-15(11)16(21)23-19(24-18)27-8-13(25)12(6-20)17-22-10(2)7-26-17/h7,9,12H,3-5,8H2,1-2H3,(H2,21,23,24)/t9-,12-/m1/s1. The van der Waals surface area contributed by atoms with Crippen LogP contribution in [0.2, 0.25) is 0 Å². The fourth-order valence-electron chi connectivity index (χ4n) is 3.40. The molecule has 0 unspecified atom stereocenters. The molecule has 0 saturated carbocycles. The van der Waals surface area contributed by atoms with E-state index in [0.717, 1.165) is 35.2 Å². The number of carbonyl (C=O) groups is 1. The van der Waals surface area contributed by atoms with E-state index < -0.39 is 5.92 Å². The van der Waals surface area contributed by atoms with Crippen LogP contribution in [0.1, 0.15) is 40.4 Å². The Hall–Kier alpha value is -2.02. The van der Waals surface area contributed by atoms with Crippen LogP contribution in [-0.2, 0) is 17.6 Å². The molecule has 2 N–H and O–H groups in total. The molecular formula is C19H19N5OS3. The molecule has 144 valence electrons. The number of rotatable bonds is 5. The smallest absolute Gasteiger partial charge is 0.191 e. The number of thiazole rings is 1. The average molecular weight is 430 g/mol. The molecule has 0 saturated heterocycles. The summed E-state index contributed by atoms with van der Waals surface area (Å²) in [6, 6.07) is 2.07. The van der Waals surface area contributed by atoms with Gasteiger partial charge in [0.25, 0.3) is 0 Å². The van der Waals surface area contributed by atoms with Crippen LogP contribution in [-0.4, -0.2) is 26.5 Å². The van der Waals surface area contributed by atoms with E-state index in [9.17, 15) is 10.1 Å². The highest BCUT2D eigenvalue weighted by Crippen LogP contribution is 2.40. The molecule has 3 aromatic rings. The number of fused-ring (bicyclic) bond motifs is 3. The molecule has 1 aliphatic rings. The van der Waals surface area contributed by atoms with E-state index in [0.29, 0.717) is 21.9 Å². The van der Waals surface area contributed by atoms with Gasteiger partial charge in [-0.1, -0.05) is 18.7 Å². The third-order valence-corrected chi connectivity index (χ3v) is 7.89. The van der Waals surface area contributed by atoms with Crippen LogP contribution in [0.5, 0.6) is 0 Å². The maximum absolute atomic E-state index is 12.5. The van der Waals surface area contributed by atoms with E-state index >= 15 is 0 Å². The van der Waals surface area contributed by atoms with Gasteiger partial charge in [0, 0.05) is 16.0 Å². The number of carbonyl (C=O) groups excluding carboxylic acids is 1. The molecule has 28 heavy (non-hydrogen) atoms. The molecule has 0 amide bonds. The lowest BCUT2D eigenvalue weighted by molar-refractivity contribution is -0.116. The highest BCUT2D eigenvalue weighted by Gasteiger charge is 2.25. The number of thiophene rings is 1. The van der Waals surface area contributed by atoms with Crippen molar-refractivity contribution < 1.29 is 4.79 Å². The number of Topliss-reactive ketones (excluding diaryl/α,β-unsaturated/α-hetero) is 1. The van der Waals surface area contributed by atoms with Crippen molar-refractivity contribution in [1.29, 1.82) is 5.26 Å². The zero-order chi connectivity index (χ0) is 19.8. The predicted octanol–water partition coefficient (Wildman–Crippen LogP) is 4.13. The Kier molecular flexibility index (Phi) is 5.36. The van der Waals surface area contributed by atoms with Gasteiger partial charge in [0.15, 0.2) is 16.9 Å². The summed E-state index contributed by atoms with van der Waals surface area (Å²) in [5.74, 6) is 0.244. The lowest BCUT2D eigenvalue weighted by Crippen LogP contribution is -2.13. The summed E-state index contributed by atoms with van der Waals surface area (Å²) >= 11 is 4.25. The first-order valence-corrected chi connectivity index (χ1v) is 11.7. The van der Waals surface area contributed by atoms with Gasteiger partial charge in [-0.15, -0.1) is 22.7 Å². The van der Waals surface area contributed by atoms with Gasteiger partial charge in [-0.25, -0.2) is 15.0 Å². The molecule has 4 rings (SSSR count). The third-order valence-electron chi connectivity index (χ3n) is 4.84. The first-order chi connectivity index (χ1) is 13.5. The first kappa shape index (κ1) is 19.3. The average Bonchev–Trinajstić information content (AvgIpc) is 3.23. The molecule has 2 atom stereocenters. The molecular weight excluding hydrogens is 410 g/mol. The Morgan fingerprint density at radius 2 is 2.29 bits per heavy atom. The van der Waals surface area contributed by atoms with Gasteiger partial charge in [0.05, 0.1) is 17.2 Å². The second-order valence-electron chi connectivity index (χ2n) is 7.07. The number of aryl methyl sites for hydroxylation is 2. The molecule has 0 aliphatic heterocycles. The monoisotopic (exact) mass is 429 g/mol. The lowest BCUT2D eigenvalue weighted by Gasteiger charge is -2.17. The number of hydrogen-bond acceptors (Lipinski definition) is 9. The molecule has 0 spiro atoms. The summed E-state index contributed by atoms with van der Waals surface area (Å²) in [6.07, 6.45) is 3.25. The van der Waals surface area contributed by atoms with Crippen molar-refractivity contribution in [2.45, 2.75) is 44.2 Å². The number of thioether (sulfide) groups is 1. The van der Waals surface area contributed by atoms with Gasteiger partial charge in [0.2, 0.25) is 0 Å². The van der Waals surface area contributed by atoms with E-state index in [2.05, 4.69) is 27.9 Å². The highest BCUT2D eigenvalue weighted by molar-refractivity contribution is 7.99. The minimum absolute atomic E-state index is 0.115. The molecule has 0 fully saturated rings. The molecule has 3 heterocycles. The van der Waals surface area contributed by atoms with Crippen molar-refractivity contribution in [3.8, 4) is 6.07 Å². The maximum atomic E-state index is 12.5. The number of aromatic nitrogens is 3. The van der Waals surface area contributed by atoms with Crippen LogP contribution in [0.15, 0.2) is 10.5 Å². The molecule has 0 bridgehead atoms. The van der Waals surface area contributed by atoms with Crippen molar-refractivity contribution in [3.05, 3.63) is 26.5 Å². The topological polar surface area (TPSA) is 106 Å². The summed E-state index contributed by atoms with van der Waals surface area (Å²) in [4.78, 5) is 28.1. The van der Waals surface area contributed by atoms with E-state index in [-0.39, 0.29) is 11.5 Å². The predicted molar refractivity (Wildman–Crippen MR) is 114 cm³/mol. The fourth-order valence-corrected chi connectivity index (χ4v) is 6.47. The van der Waals surface area contributed by atoms with Crippen LogP contribution in [0.25, 0.3) is 10.2 Å². The molecule has 1 aliphatic carbocycles. The number of hydrogen-bond donors (Lipinski definition) is 1. The van der Waals surface area contributed by atoms with Gasteiger partial charge in [-0.3, -0.25) is 4.79 Å². The van der Waals surface area contributed by atoms with Gasteiger partial charge in [0.1, 0.15) is 15.7 Å². The second kappa shape index (κ2) is 7.78. The Morgan fingerprint density at radius 1 is 1.46 bits per heavy atom. The van der Waals surface area contributed by atoms with Gasteiger partial charge < -0.3 is 5.73 Å². The van der Waals surface area contributed by atoms with Crippen molar-refractivity contribution in [2.75, 3.05) is 11.5 Å². The number of ketones is 1. The first-order valence-electron chi connectivity index (χ1n) is 9.01. The lowest BCUT2D eigenvalue weighted by atomic mass is 9.89. The zero-order valence-corrected chi connectivity index (χ0v) is 18.0. The Morgan fingerprint density at radius 3 is 3.00 bits per heavy atom. The van der Waals surface area contributed by atoms with E-state index in [4.69, 9.17) is 5.73 Å². The second-order valence-corrected chi connectivity index (χ2v) is 9.98. The van der Waals surface area contributed by atoms with Crippen molar-refractivity contribution >= 4 is 56.3 Å². The molecule has 3 aromatic heterocycles. The zero-order valence-electron chi connectivity index (χ0n) is 15.6. The summed E-state index contributed by atoms with van der Waals surface area (Å²) in [6.45, 7) is 4.12. The minimum atomic E-state index is -0.845. The third kappa shape index (κ3) is 3.64. The van der Waals surface area contributed by atoms with Crippen LogP contribution in [0.4, 0.5) is 5.82 Å². The Labute approximate surface area is 175 Å². The molecule has 9 heteroatoms. The van der Waals surface area contributed by atoms with Crippen LogP contribution in [0.3, 0.4) is 0 Å². The van der Waals surface area contributed by atoms with Crippen LogP contribution in [0, 0.1) is 24.2 Å². The van der Waals surface area contributed by atoms with Crippen LogP contribution >= 0.6 is 34.4 Å². The van der Waals surface area contributed by atoms with Crippen LogP contribution < -0.4 is 5.73 Å². The summed E-state index contributed by atoms with van der Waals surface area (Å²) in [7, 11) is 0. The normalized spacial score (nSPS) is 17.2. The van der Waals surface area contributed by atoms with E-state index in [1.165, 1.54) is 33.5 Å². The summed E-state index contributed by atoms with van der Waals surface area (Å²) < 4.78 is 0. The number of nitriles is 1. The number of nitrogens with zero attached hydrogens (tertiary/aromatic N) is 4. The number of anilines is 1. The largest absolute Gasteiger partial charge is 0.383 e. The Balaban J connectivity index is 1.54. The summed E-state index contributed by atoms with van der Waals surface area (Å²) in [5, 5.41) is 13.2. The molecule has 0 aromatic carbocycles. The highest BCUT2D eigenvalue weighted by atomic mass is 32.2. The van der Waals surface area contributed by atoms with Gasteiger partial charge in [-0.2, -0.15) is 5.26 Å².